The van der Waals surface area contributed by atoms with Crippen molar-refractivity contribution < 1.29 is 9.47 Å². The molecule has 9 nitrogen and oxygen atoms in total. The summed E-state index contributed by atoms with van der Waals surface area (Å²) in [5.74, 6) is 3.01. The summed E-state index contributed by atoms with van der Waals surface area (Å²) in [4.78, 5) is 20.0. The average Bonchev–Trinajstić information content (AvgIpc) is 3.67. The Bertz CT molecular complexity index is 918. The van der Waals surface area contributed by atoms with Gasteiger partial charge in [-0.1, -0.05) is 6.07 Å². The number of aliphatic imine (C=N–C) groups is 1. The molecule has 5 rings (SSSR count). The molecule has 0 spiro atoms. The van der Waals surface area contributed by atoms with E-state index in [-0.39, 0.29) is 6.10 Å². The molecular formula is C23H31N7O2. The molecule has 0 bridgehead atoms. The first-order valence-electron chi connectivity index (χ1n) is 11.6. The van der Waals surface area contributed by atoms with E-state index in [2.05, 4.69) is 42.3 Å². The number of aromatic nitrogens is 3. The normalized spacial score (nSPS) is 23.9. The SMILES string of the molecule is N/C=N\c1cc(N2CCOCC2)nc(OC2CCC(Nc3ccc(C4CC4)cn3)CC2)n1. The maximum atomic E-state index is 6.18. The Morgan fingerprint density at radius 2 is 1.91 bits per heavy atom. The number of hydrogen-bond acceptors (Lipinski definition) is 8. The van der Waals surface area contributed by atoms with Gasteiger partial charge < -0.3 is 25.4 Å². The fourth-order valence-electron chi connectivity index (χ4n) is 4.38. The van der Waals surface area contributed by atoms with Gasteiger partial charge in [0.1, 0.15) is 17.7 Å². The lowest BCUT2D eigenvalue weighted by Crippen LogP contribution is -2.37. The highest BCUT2D eigenvalue weighted by Gasteiger charge is 2.26. The second-order valence-corrected chi connectivity index (χ2v) is 8.73. The molecule has 3 fully saturated rings. The largest absolute Gasteiger partial charge is 0.460 e. The number of nitrogens with zero attached hydrogens (tertiary/aromatic N) is 5. The van der Waals surface area contributed by atoms with E-state index in [1.54, 1.807) is 0 Å². The summed E-state index contributed by atoms with van der Waals surface area (Å²) in [6.45, 7) is 2.94. The number of nitrogens with one attached hydrogen (secondary N) is 1. The summed E-state index contributed by atoms with van der Waals surface area (Å²) < 4.78 is 11.6. The number of morpholine rings is 1. The lowest BCUT2D eigenvalue weighted by molar-refractivity contribution is 0.121. The summed E-state index contributed by atoms with van der Waals surface area (Å²) in [7, 11) is 0. The van der Waals surface area contributed by atoms with Crippen LogP contribution in [0.2, 0.25) is 0 Å². The smallest absolute Gasteiger partial charge is 0.320 e. The summed E-state index contributed by atoms with van der Waals surface area (Å²) in [5.41, 5.74) is 6.86. The van der Waals surface area contributed by atoms with Gasteiger partial charge in [-0.25, -0.2) is 9.98 Å². The van der Waals surface area contributed by atoms with E-state index in [9.17, 15) is 0 Å². The minimum absolute atomic E-state index is 0.0906. The summed E-state index contributed by atoms with van der Waals surface area (Å²) >= 11 is 0. The Balaban J connectivity index is 1.17. The van der Waals surface area contributed by atoms with E-state index in [1.165, 1.54) is 24.7 Å². The van der Waals surface area contributed by atoms with Crippen LogP contribution in [0.15, 0.2) is 29.4 Å². The van der Waals surface area contributed by atoms with E-state index in [4.69, 9.17) is 15.2 Å². The lowest BCUT2D eigenvalue weighted by atomic mass is 9.93. The van der Waals surface area contributed by atoms with Crippen LogP contribution in [0.1, 0.15) is 50.0 Å². The highest BCUT2D eigenvalue weighted by atomic mass is 16.5. The van der Waals surface area contributed by atoms with Crippen molar-refractivity contribution in [1.29, 1.82) is 0 Å². The number of hydrogen-bond donors (Lipinski definition) is 2. The third kappa shape index (κ3) is 5.27. The Hall–Kier alpha value is -2.94. The molecular weight excluding hydrogens is 406 g/mol. The maximum Gasteiger partial charge on any atom is 0.320 e. The monoisotopic (exact) mass is 437 g/mol. The van der Waals surface area contributed by atoms with Crippen LogP contribution in [-0.4, -0.2) is 59.7 Å². The van der Waals surface area contributed by atoms with Gasteiger partial charge in [-0.2, -0.15) is 9.97 Å². The Labute approximate surface area is 188 Å². The fraction of sp³-hybridized carbons (Fsp3) is 0.565. The number of anilines is 2. The van der Waals surface area contributed by atoms with Gasteiger partial charge in [0.25, 0.3) is 0 Å². The van der Waals surface area contributed by atoms with Gasteiger partial charge in [0, 0.05) is 31.4 Å². The van der Waals surface area contributed by atoms with Gasteiger partial charge in [-0.15, -0.1) is 0 Å². The first-order chi connectivity index (χ1) is 15.8. The highest BCUT2D eigenvalue weighted by Crippen LogP contribution is 2.39. The maximum absolute atomic E-state index is 6.18. The molecule has 9 heteroatoms. The van der Waals surface area contributed by atoms with E-state index in [0.717, 1.165) is 56.3 Å². The van der Waals surface area contributed by atoms with Crippen molar-refractivity contribution in [2.75, 3.05) is 36.5 Å². The van der Waals surface area contributed by atoms with Crippen molar-refractivity contribution in [3.63, 3.8) is 0 Å². The number of rotatable bonds is 7. The van der Waals surface area contributed by atoms with Gasteiger partial charge in [-0.05, 0) is 56.1 Å². The Kier molecular flexibility index (Phi) is 6.34. The van der Waals surface area contributed by atoms with Crippen LogP contribution >= 0.6 is 0 Å². The van der Waals surface area contributed by atoms with Gasteiger partial charge in [0.05, 0.1) is 19.6 Å². The molecule has 2 aromatic heterocycles. The summed E-state index contributed by atoms with van der Waals surface area (Å²) in [6.07, 6.45) is 9.90. The number of nitrogens with two attached hydrogens (primary N) is 1. The van der Waals surface area contributed by atoms with E-state index in [0.29, 0.717) is 31.1 Å². The van der Waals surface area contributed by atoms with Crippen LogP contribution in [0.4, 0.5) is 17.5 Å². The molecule has 3 N–H and O–H groups in total. The highest BCUT2D eigenvalue weighted by molar-refractivity contribution is 5.59. The van der Waals surface area contributed by atoms with Crippen molar-refractivity contribution in [3.05, 3.63) is 30.0 Å². The zero-order valence-corrected chi connectivity index (χ0v) is 18.3. The standard InChI is InChI=1S/C23H31N7O2/c24-15-26-21-13-22(30-9-11-31-12-10-30)29-23(28-21)32-19-6-4-18(5-7-19)27-20-8-3-17(14-25-20)16-1-2-16/h3,8,13-16,18-19H,1-2,4-7,9-12H2,(H,25,27)(H2,24,26,28,29). The van der Waals surface area contributed by atoms with E-state index < -0.39 is 0 Å². The zero-order chi connectivity index (χ0) is 21.8. The van der Waals surface area contributed by atoms with Crippen molar-refractivity contribution in [3.8, 4) is 6.01 Å². The molecule has 0 atom stereocenters. The molecule has 1 saturated heterocycles. The molecule has 170 valence electrons. The van der Waals surface area contributed by atoms with Crippen LogP contribution in [0.3, 0.4) is 0 Å². The third-order valence-electron chi connectivity index (χ3n) is 6.35. The van der Waals surface area contributed by atoms with Gasteiger partial charge >= 0.3 is 6.01 Å². The van der Waals surface area contributed by atoms with Crippen molar-refractivity contribution in [1.82, 2.24) is 15.0 Å². The first kappa shape index (κ1) is 20.9. The van der Waals surface area contributed by atoms with Gasteiger partial charge in [0.2, 0.25) is 0 Å². The molecule has 0 unspecified atom stereocenters. The summed E-state index contributed by atoms with van der Waals surface area (Å²) in [5, 5.41) is 3.58. The molecule has 32 heavy (non-hydrogen) atoms. The predicted octanol–water partition coefficient (Wildman–Crippen LogP) is 3.01. The molecule has 3 aliphatic rings. The van der Waals surface area contributed by atoms with Crippen molar-refractivity contribution >= 4 is 23.8 Å². The topological polar surface area (TPSA) is 111 Å². The zero-order valence-electron chi connectivity index (χ0n) is 18.3. The van der Waals surface area contributed by atoms with Crippen LogP contribution < -0.4 is 20.7 Å². The minimum atomic E-state index is 0.0906. The van der Waals surface area contributed by atoms with Crippen LogP contribution in [0, 0.1) is 0 Å². The quantitative estimate of drug-likeness (QED) is 0.502. The van der Waals surface area contributed by atoms with Crippen LogP contribution in [-0.2, 0) is 4.74 Å². The van der Waals surface area contributed by atoms with Crippen molar-refractivity contribution in [2.24, 2.45) is 10.7 Å². The molecule has 2 aromatic rings. The van der Waals surface area contributed by atoms with Crippen LogP contribution in [0.25, 0.3) is 0 Å². The molecule has 1 aliphatic heterocycles. The third-order valence-corrected chi connectivity index (χ3v) is 6.35. The summed E-state index contributed by atoms with van der Waals surface area (Å²) in [6, 6.07) is 6.93. The molecule has 0 aromatic carbocycles. The second kappa shape index (κ2) is 9.68. The minimum Gasteiger partial charge on any atom is -0.460 e. The first-order valence-corrected chi connectivity index (χ1v) is 11.6. The Morgan fingerprint density at radius 1 is 1.09 bits per heavy atom. The van der Waals surface area contributed by atoms with E-state index >= 15 is 0 Å². The average molecular weight is 438 g/mol. The van der Waals surface area contributed by atoms with Gasteiger partial charge in [-0.3, -0.25) is 0 Å². The Morgan fingerprint density at radius 3 is 2.59 bits per heavy atom. The van der Waals surface area contributed by atoms with Crippen molar-refractivity contribution in [2.45, 2.75) is 56.6 Å². The molecule has 0 amide bonds. The molecule has 2 aliphatic carbocycles. The molecule has 2 saturated carbocycles. The number of pyridine rings is 1. The molecule has 0 radical (unpaired) electrons. The second-order valence-electron chi connectivity index (χ2n) is 8.73. The number of ether oxygens (including phenoxy) is 2. The molecule has 3 heterocycles. The van der Waals surface area contributed by atoms with Crippen LogP contribution in [0.5, 0.6) is 6.01 Å². The van der Waals surface area contributed by atoms with Gasteiger partial charge in [0.15, 0.2) is 5.82 Å². The van der Waals surface area contributed by atoms with E-state index in [1.807, 2.05) is 12.3 Å². The predicted molar refractivity (Wildman–Crippen MR) is 124 cm³/mol. The lowest BCUT2D eigenvalue weighted by Gasteiger charge is -2.30. The fourth-order valence-corrected chi connectivity index (χ4v) is 4.38.